The van der Waals surface area contributed by atoms with Crippen molar-refractivity contribution in [1.29, 1.82) is 0 Å². The second-order valence-corrected chi connectivity index (χ2v) is 5.01. The molecule has 0 bridgehead atoms. The first-order valence-corrected chi connectivity index (χ1v) is 6.71. The summed E-state index contributed by atoms with van der Waals surface area (Å²) in [5.41, 5.74) is 0.554. The summed E-state index contributed by atoms with van der Waals surface area (Å²) in [4.78, 5) is 12.4. The summed E-state index contributed by atoms with van der Waals surface area (Å²) in [7, 11) is 0. The molecule has 0 radical (unpaired) electrons. The Labute approximate surface area is 110 Å². The van der Waals surface area contributed by atoms with Crippen LogP contribution in [-0.2, 0) is 0 Å². The molecule has 2 heterocycles. The van der Waals surface area contributed by atoms with Gasteiger partial charge in [-0.05, 0) is 43.7 Å². The van der Waals surface area contributed by atoms with Crippen LogP contribution in [0.2, 0.25) is 0 Å². The van der Waals surface area contributed by atoms with E-state index in [1.54, 1.807) is 12.1 Å². The van der Waals surface area contributed by atoms with Crippen LogP contribution in [0.3, 0.4) is 0 Å². The zero-order chi connectivity index (χ0) is 13.2. The largest absolute Gasteiger partial charge is 0.453 e. The predicted molar refractivity (Wildman–Crippen MR) is 70.8 cm³/mol. The van der Waals surface area contributed by atoms with Gasteiger partial charge in [-0.3, -0.25) is 4.79 Å². The molecule has 2 aromatic rings. The molecule has 1 atom stereocenters. The van der Waals surface area contributed by atoms with Crippen molar-refractivity contribution in [3.63, 3.8) is 0 Å². The number of hydrogen-bond acceptors (Lipinski definition) is 3. The van der Waals surface area contributed by atoms with Crippen LogP contribution in [-0.4, -0.2) is 18.4 Å². The van der Waals surface area contributed by atoms with Gasteiger partial charge < -0.3 is 9.73 Å². The summed E-state index contributed by atoms with van der Waals surface area (Å²) in [6, 6.07) is 5.74. The highest BCUT2D eigenvalue weighted by molar-refractivity contribution is 6.00. The maximum absolute atomic E-state index is 13.1. The Hall–Kier alpha value is -1.68. The Bertz CT molecular complexity index is 597. The lowest BCUT2D eigenvalue weighted by atomic mass is 10.0. The Morgan fingerprint density at radius 1 is 1.26 bits per heavy atom. The molecule has 1 aromatic carbocycles. The van der Waals surface area contributed by atoms with E-state index in [0.29, 0.717) is 16.7 Å². The van der Waals surface area contributed by atoms with Crippen molar-refractivity contribution in [2.45, 2.75) is 31.7 Å². The molecule has 1 saturated heterocycles. The standard InChI is InChI=1S/C15H16FNO2/c16-11-5-6-13-10(8-11)9-14(19-13)15(18)12-4-2-1-3-7-17-12/h5-6,8-9,12,17H,1-4,7H2. The molecule has 1 unspecified atom stereocenters. The minimum Gasteiger partial charge on any atom is -0.453 e. The summed E-state index contributed by atoms with van der Waals surface area (Å²) in [6.45, 7) is 0.866. The number of hydrogen-bond donors (Lipinski definition) is 1. The first-order valence-electron chi connectivity index (χ1n) is 6.71. The van der Waals surface area contributed by atoms with Crippen LogP contribution >= 0.6 is 0 Å². The van der Waals surface area contributed by atoms with E-state index in [1.807, 2.05) is 0 Å². The molecular formula is C15H16FNO2. The fourth-order valence-corrected chi connectivity index (χ4v) is 2.56. The number of fused-ring (bicyclic) bond motifs is 1. The highest BCUT2D eigenvalue weighted by atomic mass is 19.1. The maximum Gasteiger partial charge on any atom is 0.214 e. The summed E-state index contributed by atoms with van der Waals surface area (Å²) in [5, 5.41) is 3.89. The van der Waals surface area contributed by atoms with Gasteiger partial charge in [0.25, 0.3) is 0 Å². The number of furan rings is 1. The number of benzene rings is 1. The van der Waals surface area contributed by atoms with E-state index in [-0.39, 0.29) is 17.6 Å². The monoisotopic (exact) mass is 261 g/mol. The zero-order valence-electron chi connectivity index (χ0n) is 10.6. The molecule has 3 rings (SSSR count). The van der Waals surface area contributed by atoms with Gasteiger partial charge in [0.1, 0.15) is 11.4 Å². The van der Waals surface area contributed by atoms with Crippen molar-refractivity contribution in [2.24, 2.45) is 0 Å². The lowest BCUT2D eigenvalue weighted by Crippen LogP contribution is -2.35. The number of carbonyl (C=O) groups is 1. The molecule has 1 aliphatic rings. The molecule has 3 nitrogen and oxygen atoms in total. The average molecular weight is 261 g/mol. The van der Waals surface area contributed by atoms with E-state index >= 15 is 0 Å². The number of ketones is 1. The van der Waals surface area contributed by atoms with Crippen LogP contribution < -0.4 is 5.32 Å². The van der Waals surface area contributed by atoms with Gasteiger partial charge in [-0.25, -0.2) is 4.39 Å². The van der Waals surface area contributed by atoms with E-state index in [2.05, 4.69) is 5.32 Å². The molecule has 0 spiro atoms. The average Bonchev–Trinajstić information content (AvgIpc) is 2.64. The third-order valence-electron chi connectivity index (χ3n) is 3.60. The molecule has 100 valence electrons. The Morgan fingerprint density at radius 3 is 3.05 bits per heavy atom. The van der Waals surface area contributed by atoms with E-state index in [1.165, 1.54) is 12.1 Å². The number of nitrogens with one attached hydrogen (secondary N) is 1. The molecule has 0 saturated carbocycles. The molecular weight excluding hydrogens is 245 g/mol. The number of halogens is 1. The number of carbonyl (C=O) groups excluding carboxylic acids is 1. The summed E-state index contributed by atoms with van der Waals surface area (Å²) in [5.74, 6) is -0.0293. The van der Waals surface area contributed by atoms with Gasteiger partial charge in [-0.2, -0.15) is 0 Å². The smallest absolute Gasteiger partial charge is 0.214 e. The van der Waals surface area contributed by atoms with E-state index < -0.39 is 0 Å². The van der Waals surface area contributed by atoms with Gasteiger partial charge >= 0.3 is 0 Å². The molecule has 1 fully saturated rings. The van der Waals surface area contributed by atoms with Gasteiger partial charge in [-0.15, -0.1) is 0 Å². The predicted octanol–water partition coefficient (Wildman–Crippen LogP) is 3.29. The second kappa shape index (κ2) is 5.13. The first-order chi connectivity index (χ1) is 9.24. The third-order valence-corrected chi connectivity index (χ3v) is 3.60. The van der Waals surface area contributed by atoms with Gasteiger partial charge in [-0.1, -0.05) is 12.8 Å². The molecule has 0 aliphatic carbocycles. The van der Waals surface area contributed by atoms with Crippen molar-refractivity contribution in [2.75, 3.05) is 6.54 Å². The quantitative estimate of drug-likeness (QED) is 0.843. The highest BCUT2D eigenvalue weighted by Crippen LogP contribution is 2.22. The zero-order valence-corrected chi connectivity index (χ0v) is 10.6. The van der Waals surface area contributed by atoms with Crippen LogP contribution in [0.1, 0.15) is 36.2 Å². The number of rotatable bonds is 2. The minimum absolute atomic E-state index is 0.0292. The lowest BCUT2D eigenvalue weighted by Gasteiger charge is -2.12. The molecule has 4 heteroatoms. The fraction of sp³-hybridized carbons (Fsp3) is 0.400. The van der Waals surface area contributed by atoms with Crippen molar-refractivity contribution in [1.82, 2.24) is 5.32 Å². The molecule has 1 aromatic heterocycles. The summed E-state index contributed by atoms with van der Waals surface area (Å²) >= 11 is 0. The minimum atomic E-state index is -0.320. The summed E-state index contributed by atoms with van der Waals surface area (Å²) < 4.78 is 18.6. The fourth-order valence-electron chi connectivity index (χ4n) is 2.56. The van der Waals surface area contributed by atoms with E-state index in [4.69, 9.17) is 4.42 Å². The SMILES string of the molecule is O=C(c1cc2cc(F)ccc2o1)C1CCCCCN1. The normalized spacial score (nSPS) is 20.4. The maximum atomic E-state index is 13.1. The van der Waals surface area contributed by atoms with Crippen LogP contribution in [0.4, 0.5) is 4.39 Å². The molecule has 1 N–H and O–H groups in total. The van der Waals surface area contributed by atoms with Gasteiger partial charge in [0.2, 0.25) is 5.78 Å². The van der Waals surface area contributed by atoms with Crippen LogP contribution in [0.25, 0.3) is 11.0 Å². The van der Waals surface area contributed by atoms with E-state index in [0.717, 1.165) is 32.2 Å². The topological polar surface area (TPSA) is 42.2 Å². The Balaban J connectivity index is 1.88. The van der Waals surface area contributed by atoms with E-state index in [9.17, 15) is 9.18 Å². The summed E-state index contributed by atoms with van der Waals surface area (Å²) in [6.07, 6.45) is 4.15. The molecule has 1 aliphatic heterocycles. The van der Waals surface area contributed by atoms with Crippen LogP contribution in [0.15, 0.2) is 28.7 Å². The highest BCUT2D eigenvalue weighted by Gasteiger charge is 2.23. The molecule has 19 heavy (non-hydrogen) atoms. The lowest BCUT2D eigenvalue weighted by molar-refractivity contribution is 0.0915. The first kappa shape index (κ1) is 12.4. The van der Waals surface area contributed by atoms with Crippen molar-refractivity contribution in [3.8, 4) is 0 Å². The Kier molecular flexibility index (Phi) is 3.34. The third kappa shape index (κ3) is 2.54. The van der Waals surface area contributed by atoms with Crippen molar-refractivity contribution < 1.29 is 13.6 Å². The van der Waals surface area contributed by atoms with Crippen LogP contribution in [0.5, 0.6) is 0 Å². The Morgan fingerprint density at radius 2 is 2.16 bits per heavy atom. The van der Waals surface area contributed by atoms with Gasteiger partial charge in [0.05, 0.1) is 6.04 Å². The van der Waals surface area contributed by atoms with Crippen LogP contribution in [0, 0.1) is 5.82 Å². The second-order valence-electron chi connectivity index (χ2n) is 5.01. The van der Waals surface area contributed by atoms with Gasteiger partial charge in [0, 0.05) is 5.39 Å². The van der Waals surface area contributed by atoms with Crippen molar-refractivity contribution >= 4 is 16.8 Å². The van der Waals surface area contributed by atoms with Gasteiger partial charge in [0.15, 0.2) is 5.76 Å². The molecule has 0 amide bonds. The number of Topliss-reactive ketones (excluding diaryl/α,β-unsaturated/α-hetero) is 1. The van der Waals surface area contributed by atoms with Crippen molar-refractivity contribution in [3.05, 3.63) is 35.8 Å².